The van der Waals surface area contributed by atoms with E-state index >= 15 is 0 Å². The lowest BCUT2D eigenvalue weighted by Crippen LogP contribution is -2.27. The van der Waals surface area contributed by atoms with Crippen LogP contribution in [0.15, 0.2) is 22.7 Å². The molecule has 0 radical (unpaired) electrons. The molecule has 0 fully saturated rings. The van der Waals surface area contributed by atoms with Crippen molar-refractivity contribution in [2.75, 3.05) is 11.9 Å². The minimum Gasteiger partial charge on any atom is -0.492 e. The first kappa shape index (κ1) is 16.4. The number of nitro benzene ring substituents is 1. The Balaban J connectivity index is 2.84. The lowest BCUT2D eigenvalue weighted by Gasteiger charge is -2.29. The van der Waals surface area contributed by atoms with Crippen molar-refractivity contribution in [3.05, 3.63) is 32.8 Å². The number of nitrogens with zero attached hydrogens (tertiary/aromatic N) is 1. The van der Waals surface area contributed by atoms with Gasteiger partial charge in [0.15, 0.2) is 0 Å². The summed E-state index contributed by atoms with van der Waals surface area (Å²) in [4.78, 5) is 10.4. The van der Waals surface area contributed by atoms with Crippen LogP contribution in [0.3, 0.4) is 0 Å². The smallest absolute Gasteiger partial charge is 0.287 e. The van der Waals surface area contributed by atoms with Crippen LogP contribution in [0, 0.1) is 21.4 Å². The average molecular weight is 395 g/mol. The van der Waals surface area contributed by atoms with Crippen molar-refractivity contribution >= 4 is 37.5 Å². The third-order valence-electron chi connectivity index (χ3n) is 2.99. The predicted octanol–water partition coefficient (Wildman–Crippen LogP) is 4.79. The van der Waals surface area contributed by atoms with E-state index in [1.54, 1.807) is 12.1 Å². The molecule has 0 aliphatic carbocycles. The Bertz CT molecular complexity index is 458. The summed E-state index contributed by atoms with van der Waals surface area (Å²) in [5.41, 5.74) is 0.125. The Morgan fingerprint density at radius 3 is 2.53 bits per heavy atom. The predicted molar refractivity (Wildman–Crippen MR) is 83.0 cm³/mol. The van der Waals surface area contributed by atoms with Crippen LogP contribution >= 0.6 is 31.9 Å². The van der Waals surface area contributed by atoms with E-state index in [9.17, 15) is 10.1 Å². The molecule has 0 amide bonds. The molecule has 6 heteroatoms. The van der Waals surface area contributed by atoms with Crippen molar-refractivity contribution in [2.24, 2.45) is 11.3 Å². The van der Waals surface area contributed by atoms with Crippen molar-refractivity contribution in [1.29, 1.82) is 0 Å². The topological polar surface area (TPSA) is 52.4 Å². The fourth-order valence-electron chi connectivity index (χ4n) is 1.47. The van der Waals surface area contributed by atoms with Crippen LogP contribution in [-0.4, -0.2) is 16.9 Å². The summed E-state index contributed by atoms with van der Waals surface area (Å²) in [6.45, 7) is 6.94. The van der Waals surface area contributed by atoms with Crippen LogP contribution in [0.5, 0.6) is 5.75 Å². The second kappa shape index (κ2) is 6.70. The Kier molecular flexibility index (Phi) is 5.80. The van der Waals surface area contributed by atoms with Gasteiger partial charge in [-0.25, -0.2) is 0 Å². The monoisotopic (exact) mass is 393 g/mol. The normalized spacial score (nSPS) is 13.1. The lowest BCUT2D eigenvalue weighted by atomic mass is 9.83. The summed E-state index contributed by atoms with van der Waals surface area (Å²) in [7, 11) is 0. The molecule has 4 nitrogen and oxygen atoms in total. The maximum Gasteiger partial charge on any atom is 0.287 e. The number of ether oxygens (including phenoxy) is 1. The molecule has 106 valence electrons. The molecule has 0 aromatic heterocycles. The maximum absolute atomic E-state index is 10.8. The summed E-state index contributed by atoms with van der Waals surface area (Å²) in [6.07, 6.45) is 0. The van der Waals surface area contributed by atoms with Gasteiger partial charge in [0.05, 0.1) is 11.5 Å². The first-order valence-electron chi connectivity index (χ1n) is 5.89. The molecule has 1 atom stereocenters. The number of benzene rings is 1. The highest BCUT2D eigenvalue weighted by Gasteiger charge is 2.25. The molecule has 0 bridgehead atoms. The quantitative estimate of drug-likeness (QED) is 0.409. The molecular weight excluding hydrogens is 378 g/mol. The molecule has 0 N–H and O–H groups in total. The van der Waals surface area contributed by atoms with Gasteiger partial charge in [-0.05, 0) is 27.4 Å². The molecule has 0 heterocycles. The van der Waals surface area contributed by atoms with Gasteiger partial charge in [0.2, 0.25) is 0 Å². The van der Waals surface area contributed by atoms with Gasteiger partial charge in [0.25, 0.3) is 5.69 Å². The largest absolute Gasteiger partial charge is 0.492 e. The molecule has 1 unspecified atom stereocenters. The van der Waals surface area contributed by atoms with E-state index in [0.717, 1.165) is 5.33 Å². The van der Waals surface area contributed by atoms with Crippen molar-refractivity contribution in [3.63, 3.8) is 0 Å². The maximum atomic E-state index is 10.8. The van der Waals surface area contributed by atoms with E-state index < -0.39 is 4.92 Å². The van der Waals surface area contributed by atoms with Crippen LogP contribution in [0.25, 0.3) is 0 Å². The summed E-state index contributed by atoms with van der Waals surface area (Å²) in [5.74, 6) is 0.822. The third kappa shape index (κ3) is 4.45. The van der Waals surface area contributed by atoms with E-state index in [2.05, 4.69) is 52.6 Å². The van der Waals surface area contributed by atoms with Crippen LogP contribution in [0.2, 0.25) is 0 Å². The van der Waals surface area contributed by atoms with Crippen LogP contribution in [0.4, 0.5) is 5.69 Å². The highest BCUT2D eigenvalue weighted by Crippen LogP contribution is 2.35. The summed E-state index contributed by atoms with van der Waals surface area (Å²) in [5, 5.41) is 11.7. The zero-order chi connectivity index (χ0) is 14.6. The minimum absolute atomic E-state index is 0.0173. The van der Waals surface area contributed by atoms with E-state index in [0.29, 0.717) is 22.7 Å². The van der Waals surface area contributed by atoms with Crippen molar-refractivity contribution in [3.8, 4) is 5.75 Å². The van der Waals surface area contributed by atoms with E-state index in [4.69, 9.17) is 4.74 Å². The lowest BCUT2D eigenvalue weighted by molar-refractivity contribution is -0.385. The number of nitro groups is 1. The zero-order valence-electron chi connectivity index (χ0n) is 11.2. The van der Waals surface area contributed by atoms with Crippen molar-refractivity contribution in [1.82, 2.24) is 0 Å². The van der Waals surface area contributed by atoms with Gasteiger partial charge in [-0.2, -0.15) is 0 Å². The molecule has 0 spiro atoms. The molecular formula is C13H17Br2NO3. The van der Waals surface area contributed by atoms with Crippen molar-refractivity contribution < 1.29 is 9.66 Å². The second-order valence-corrected chi connectivity index (χ2v) is 6.82. The zero-order valence-corrected chi connectivity index (χ0v) is 14.3. The Labute approximate surface area is 129 Å². The van der Waals surface area contributed by atoms with Crippen LogP contribution in [-0.2, 0) is 0 Å². The van der Waals surface area contributed by atoms with Gasteiger partial charge in [-0.15, -0.1) is 0 Å². The molecule has 1 aromatic rings. The van der Waals surface area contributed by atoms with E-state index in [-0.39, 0.29) is 11.1 Å². The standard InChI is InChI=1S/C13H17Br2NO3/c1-13(2,3)9(7-14)8-19-11-6-4-5-10(12(11)15)16(17)18/h4-6,9H,7-8H2,1-3H3. The van der Waals surface area contributed by atoms with Gasteiger partial charge >= 0.3 is 0 Å². The Morgan fingerprint density at radius 1 is 1.42 bits per heavy atom. The van der Waals surface area contributed by atoms with Gasteiger partial charge in [-0.3, -0.25) is 10.1 Å². The van der Waals surface area contributed by atoms with E-state index in [1.165, 1.54) is 6.07 Å². The molecule has 0 saturated heterocycles. The van der Waals surface area contributed by atoms with Crippen molar-refractivity contribution in [2.45, 2.75) is 20.8 Å². The number of hydrogen-bond acceptors (Lipinski definition) is 3. The van der Waals surface area contributed by atoms with Crippen LogP contribution in [0.1, 0.15) is 20.8 Å². The molecule has 1 aromatic carbocycles. The molecule has 0 aliphatic heterocycles. The molecule has 0 aliphatic rings. The first-order chi connectivity index (χ1) is 8.77. The van der Waals surface area contributed by atoms with Gasteiger partial charge < -0.3 is 4.74 Å². The van der Waals surface area contributed by atoms with E-state index in [1.807, 2.05) is 0 Å². The fourth-order valence-corrected chi connectivity index (χ4v) is 3.15. The highest BCUT2D eigenvalue weighted by molar-refractivity contribution is 9.10. The summed E-state index contributed by atoms with van der Waals surface area (Å²) >= 11 is 6.71. The molecule has 0 saturated carbocycles. The summed E-state index contributed by atoms with van der Waals surface area (Å²) in [6, 6.07) is 4.80. The number of hydrogen-bond donors (Lipinski definition) is 0. The van der Waals surface area contributed by atoms with Gasteiger partial charge in [0.1, 0.15) is 10.2 Å². The highest BCUT2D eigenvalue weighted by atomic mass is 79.9. The van der Waals surface area contributed by atoms with Gasteiger partial charge in [0, 0.05) is 17.3 Å². The average Bonchev–Trinajstić information content (AvgIpc) is 2.29. The Hall–Kier alpha value is -0.620. The molecule has 1 rings (SSSR count). The number of halogens is 2. The molecule has 19 heavy (non-hydrogen) atoms. The third-order valence-corrected chi connectivity index (χ3v) is 4.57. The summed E-state index contributed by atoms with van der Waals surface area (Å²) < 4.78 is 6.12. The fraction of sp³-hybridized carbons (Fsp3) is 0.538. The first-order valence-corrected chi connectivity index (χ1v) is 7.80. The number of rotatable bonds is 5. The SMILES string of the molecule is CC(C)(C)C(CBr)COc1cccc([N+](=O)[O-])c1Br. The second-order valence-electron chi connectivity index (χ2n) is 5.37. The van der Waals surface area contributed by atoms with Gasteiger partial charge in [-0.1, -0.05) is 42.8 Å². The number of alkyl halides is 1. The Morgan fingerprint density at radius 2 is 2.05 bits per heavy atom. The minimum atomic E-state index is -0.428. The van der Waals surface area contributed by atoms with Crippen LogP contribution < -0.4 is 4.74 Å².